The minimum absolute atomic E-state index is 0.115. The van der Waals surface area contributed by atoms with Gasteiger partial charge in [0.05, 0.1) is 25.9 Å². The number of nitrogens with zero attached hydrogens (tertiary/aromatic N) is 4. The van der Waals surface area contributed by atoms with Gasteiger partial charge >= 0.3 is 6.09 Å². The number of nitriles is 1. The number of hydrogen-bond donors (Lipinski definition) is 2. The molecular formula is C25H42N6O5. The van der Waals surface area contributed by atoms with E-state index in [2.05, 4.69) is 21.6 Å². The lowest BCUT2D eigenvalue weighted by Crippen LogP contribution is -2.56. The summed E-state index contributed by atoms with van der Waals surface area (Å²) in [5.41, 5.74) is -0.893. The topological polar surface area (TPSA) is 129 Å². The quantitative estimate of drug-likeness (QED) is 0.288. The molecule has 0 radical (unpaired) electrons. The van der Waals surface area contributed by atoms with E-state index in [1.54, 1.807) is 0 Å². The molecule has 0 aromatic heterocycles. The highest BCUT2D eigenvalue weighted by atomic mass is 16.6. The molecule has 1 saturated carbocycles. The predicted molar refractivity (Wildman–Crippen MR) is 134 cm³/mol. The third-order valence-electron chi connectivity index (χ3n) is 7.32. The monoisotopic (exact) mass is 506 g/mol. The van der Waals surface area contributed by atoms with Crippen molar-refractivity contribution in [2.45, 2.75) is 62.9 Å². The molecule has 0 bridgehead atoms. The summed E-state index contributed by atoms with van der Waals surface area (Å²) >= 11 is 0. The molecule has 3 fully saturated rings. The first-order chi connectivity index (χ1) is 17.4. The Kier molecular flexibility index (Phi) is 11.2. The summed E-state index contributed by atoms with van der Waals surface area (Å²) in [5.74, 6) is 0.436. The number of piperidine rings is 1. The number of nitrogens with one attached hydrogen (secondary N) is 2. The Balaban J connectivity index is 1.81. The molecule has 0 aromatic carbocycles. The standard InChI is InChI=1S/C25H42N6O5/c1-30-10-8-25(19-26,9-11-30)29-22(32)21(18-20-6-4-3-5-7-20)27-23(31-12-14-35-15-13-31)28-24(33)36-17-16-34-2/h20-21H,3-18H2,1-2H3,(H,29,32)(H,27,28,33)/t21-/m0/s1. The fraction of sp³-hybridized carbons (Fsp3) is 0.840. The van der Waals surface area contributed by atoms with Gasteiger partial charge in [-0.1, -0.05) is 32.1 Å². The predicted octanol–water partition coefficient (Wildman–Crippen LogP) is 1.49. The zero-order valence-electron chi connectivity index (χ0n) is 21.8. The normalized spacial score (nSPS) is 22.4. The molecule has 3 rings (SSSR count). The minimum Gasteiger partial charge on any atom is -0.447 e. The number of amides is 2. The van der Waals surface area contributed by atoms with E-state index in [4.69, 9.17) is 19.2 Å². The Bertz CT molecular complexity index is 780. The molecule has 2 aliphatic heterocycles. The number of carbonyl (C=O) groups excluding carboxylic acids is 2. The SMILES string of the molecule is COCCOC(=O)NC(=N[C@@H](CC1CCCCC1)C(=O)NC1(C#N)CCN(C)CC1)N1CCOCC1. The molecule has 3 aliphatic rings. The van der Waals surface area contributed by atoms with Gasteiger partial charge in [0.25, 0.3) is 0 Å². The molecule has 0 aromatic rings. The molecule has 11 nitrogen and oxygen atoms in total. The van der Waals surface area contributed by atoms with Gasteiger partial charge in [0, 0.05) is 33.3 Å². The van der Waals surface area contributed by atoms with Crippen LogP contribution in [0.25, 0.3) is 0 Å². The van der Waals surface area contributed by atoms with Crippen LogP contribution >= 0.6 is 0 Å². The molecule has 2 N–H and O–H groups in total. The molecule has 2 heterocycles. The highest BCUT2D eigenvalue weighted by Gasteiger charge is 2.38. The maximum absolute atomic E-state index is 13.7. The third-order valence-corrected chi connectivity index (χ3v) is 7.32. The second-order valence-electron chi connectivity index (χ2n) is 10.0. The molecule has 202 valence electrons. The zero-order valence-corrected chi connectivity index (χ0v) is 21.8. The Hall–Kier alpha value is -2.42. The fourth-order valence-corrected chi connectivity index (χ4v) is 5.00. The van der Waals surface area contributed by atoms with E-state index in [0.29, 0.717) is 57.4 Å². The summed E-state index contributed by atoms with van der Waals surface area (Å²) in [7, 11) is 3.56. The lowest BCUT2D eigenvalue weighted by atomic mass is 9.84. The van der Waals surface area contributed by atoms with Crippen molar-refractivity contribution < 1.29 is 23.8 Å². The first kappa shape index (κ1) is 28.2. The number of methoxy groups -OCH3 is 1. The van der Waals surface area contributed by atoms with Crippen LogP contribution in [0.15, 0.2) is 4.99 Å². The minimum atomic E-state index is -0.893. The number of likely N-dealkylation sites (tertiary alicyclic amines) is 1. The van der Waals surface area contributed by atoms with Gasteiger partial charge in [-0.15, -0.1) is 0 Å². The Morgan fingerprint density at radius 3 is 2.47 bits per heavy atom. The molecule has 2 saturated heterocycles. The second-order valence-corrected chi connectivity index (χ2v) is 10.0. The number of ether oxygens (including phenoxy) is 3. The average molecular weight is 507 g/mol. The zero-order chi connectivity index (χ0) is 25.8. The van der Waals surface area contributed by atoms with Crippen LogP contribution in [0.2, 0.25) is 0 Å². The van der Waals surface area contributed by atoms with Crippen LogP contribution in [-0.4, -0.2) is 106 Å². The molecule has 2 amide bonds. The van der Waals surface area contributed by atoms with Gasteiger partial charge in [-0.3, -0.25) is 10.1 Å². The lowest BCUT2D eigenvalue weighted by Gasteiger charge is -2.37. The van der Waals surface area contributed by atoms with E-state index in [0.717, 1.165) is 38.8 Å². The number of carbonyl (C=O) groups is 2. The summed E-state index contributed by atoms with van der Waals surface area (Å²) in [4.78, 5) is 35.0. The Morgan fingerprint density at radius 2 is 1.83 bits per heavy atom. The van der Waals surface area contributed by atoms with Crippen LogP contribution in [0.1, 0.15) is 51.4 Å². The van der Waals surface area contributed by atoms with Crippen molar-refractivity contribution in [2.24, 2.45) is 10.9 Å². The Labute approximate surface area is 214 Å². The molecule has 0 unspecified atom stereocenters. The van der Waals surface area contributed by atoms with Crippen molar-refractivity contribution in [3.8, 4) is 6.07 Å². The molecule has 0 spiro atoms. The number of alkyl carbamates (subject to hydrolysis) is 1. The van der Waals surface area contributed by atoms with E-state index in [9.17, 15) is 14.9 Å². The maximum Gasteiger partial charge on any atom is 0.414 e. The van der Waals surface area contributed by atoms with E-state index in [-0.39, 0.29) is 19.1 Å². The highest BCUT2D eigenvalue weighted by Crippen LogP contribution is 2.29. The van der Waals surface area contributed by atoms with Crippen molar-refractivity contribution in [1.82, 2.24) is 20.4 Å². The van der Waals surface area contributed by atoms with Crippen LogP contribution in [0, 0.1) is 17.2 Å². The summed E-state index contributed by atoms with van der Waals surface area (Å²) in [6.07, 6.45) is 6.74. The van der Waals surface area contributed by atoms with Crippen LogP contribution in [0.5, 0.6) is 0 Å². The van der Waals surface area contributed by atoms with E-state index in [1.807, 2.05) is 11.9 Å². The van der Waals surface area contributed by atoms with Crippen molar-refractivity contribution in [1.29, 1.82) is 5.26 Å². The number of morpholine rings is 1. The highest BCUT2D eigenvalue weighted by molar-refractivity contribution is 5.96. The van der Waals surface area contributed by atoms with Gasteiger partial charge in [-0.2, -0.15) is 5.26 Å². The van der Waals surface area contributed by atoms with E-state index >= 15 is 0 Å². The van der Waals surface area contributed by atoms with Gasteiger partial charge < -0.3 is 29.3 Å². The molecule has 1 aliphatic carbocycles. The smallest absolute Gasteiger partial charge is 0.414 e. The largest absolute Gasteiger partial charge is 0.447 e. The van der Waals surface area contributed by atoms with Crippen LogP contribution < -0.4 is 10.6 Å². The molecule has 1 atom stereocenters. The van der Waals surface area contributed by atoms with E-state index < -0.39 is 17.7 Å². The van der Waals surface area contributed by atoms with Gasteiger partial charge in [-0.25, -0.2) is 9.79 Å². The van der Waals surface area contributed by atoms with Gasteiger partial charge in [0.15, 0.2) is 0 Å². The Morgan fingerprint density at radius 1 is 1.14 bits per heavy atom. The van der Waals surface area contributed by atoms with Crippen LogP contribution in [-0.2, 0) is 19.0 Å². The summed E-state index contributed by atoms with van der Waals surface area (Å²) < 4.78 is 15.6. The third kappa shape index (κ3) is 8.61. The van der Waals surface area contributed by atoms with Gasteiger partial charge in [0.1, 0.15) is 18.2 Å². The van der Waals surface area contributed by atoms with Crippen LogP contribution in [0.4, 0.5) is 4.79 Å². The average Bonchev–Trinajstić information content (AvgIpc) is 2.90. The number of rotatable bonds is 8. The van der Waals surface area contributed by atoms with Crippen LogP contribution in [0.3, 0.4) is 0 Å². The van der Waals surface area contributed by atoms with E-state index in [1.165, 1.54) is 13.5 Å². The fourth-order valence-electron chi connectivity index (χ4n) is 5.00. The van der Waals surface area contributed by atoms with Crippen molar-refractivity contribution in [3.05, 3.63) is 0 Å². The summed E-state index contributed by atoms with van der Waals surface area (Å²) in [5, 5.41) is 15.8. The summed E-state index contributed by atoms with van der Waals surface area (Å²) in [6.45, 7) is 4.00. The molecule has 36 heavy (non-hydrogen) atoms. The number of hydrogen-bond acceptors (Lipinski definition) is 8. The van der Waals surface area contributed by atoms with Gasteiger partial charge in [-0.05, 0) is 32.2 Å². The molecular weight excluding hydrogens is 464 g/mol. The second kappa shape index (κ2) is 14.4. The van der Waals surface area contributed by atoms with Gasteiger partial charge in [0.2, 0.25) is 11.9 Å². The lowest BCUT2D eigenvalue weighted by molar-refractivity contribution is -0.124. The maximum atomic E-state index is 13.7. The first-order valence-electron chi connectivity index (χ1n) is 13.2. The number of aliphatic imine (C=N–C) groups is 1. The van der Waals surface area contributed by atoms with Crippen molar-refractivity contribution in [2.75, 3.05) is 66.8 Å². The van der Waals surface area contributed by atoms with Crippen molar-refractivity contribution >= 4 is 18.0 Å². The molecule has 11 heteroatoms. The summed E-state index contributed by atoms with van der Waals surface area (Å²) in [6, 6.07) is 1.66. The first-order valence-corrected chi connectivity index (χ1v) is 13.2. The number of guanidine groups is 1. The van der Waals surface area contributed by atoms with Crippen molar-refractivity contribution in [3.63, 3.8) is 0 Å².